The molecule has 0 saturated heterocycles. The van der Waals surface area contributed by atoms with E-state index < -0.39 is 0 Å². The molecule has 2 saturated carbocycles. The molecule has 3 nitrogen and oxygen atoms in total. The minimum atomic E-state index is -0.263. The molecule has 2 aliphatic rings. The fraction of sp³-hybridized carbons (Fsp3) is 0.571. The summed E-state index contributed by atoms with van der Waals surface area (Å²) < 4.78 is 0.139. The summed E-state index contributed by atoms with van der Waals surface area (Å²) in [6, 6.07) is 0. The highest BCUT2D eigenvalue weighted by atomic mass is 35.5. The van der Waals surface area contributed by atoms with E-state index >= 15 is 0 Å². The molecule has 5 heteroatoms. The smallest absolute Gasteiger partial charge is 0.169 e. The van der Waals surface area contributed by atoms with Crippen molar-refractivity contribution in [3.63, 3.8) is 0 Å². The standard InChI is InChI=1S/C14H16Cl2O3/c1-14(2)7(6-10(15)16)12(14)13(19)11-8(17)4-3-5-9(11)18/h6-7,12,19H,3-5H2,1-2H3/t7-,12+/m0/s1. The Morgan fingerprint density at radius 2 is 1.79 bits per heavy atom. The molecule has 0 aliphatic heterocycles. The molecule has 2 fully saturated rings. The number of rotatable bonds is 2. The van der Waals surface area contributed by atoms with E-state index in [-0.39, 0.29) is 44.6 Å². The zero-order valence-corrected chi connectivity index (χ0v) is 12.4. The van der Waals surface area contributed by atoms with E-state index in [1.807, 2.05) is 13.8 Å². The number of aliphatic hydroxyl groups excluding tert-OH is 1. The largest absolute Gasteiger partial charge is 0.511 e. The van der Waals surface area contributed by atoms with Crippen LogP contribution >= 0.6 is 23.2 Å². The lowest BCUT2D eigenvalue weighted by atomic mass is 9.89. The van der Waals surface area contributed by atoms with E-state index in [1.165, 1.54) is 0 Å². The second-order valence-electron chi connectivity index (χ2n) is 5.74. The first-order valence-electron chi connectivity index (χ1n) is 6.29. The van der Waals surface area contributed by atoms with Crippen molar-refractivity contribution in [2.24, 2.45) is 17.3 Å². The number of aliphatic hydroxyl groups is 1. The van der Waals surface area contributed by atoms with Crippen LogP contribution in [0.5, 0.6) is 0 Å². The zero-order valence-electron chi connectivity index (χ0n) is 10.9. The van der Waals surface area contributed by atoms with Crippen LogP contribution in [0, 0.1) is 17.3 Å². The molecule has 1 N–H and O–H groups in total. The predicted octanol–water partition coefficient (Wildman–Crippen LogP) is 3.71. The number of hydrogen-bond donors (Lipinski definition) is 1. The summed E-state index contributed by atoms with van der Waals surface area (Å²) >= 11 is 11.3. The Hall–Kier alpha value is -0.800. The van der Waals surface area contributed by atoms with Gasteiger partial charge in [-0.3, -0.25) is 9.59 Å². The van der Waals surface area contributed by atoms with E-state index in [9.17, 15) is 14.7 Å². The normalized spacial score (nSPS) is 29.2. The van der Waals surface area contributed by atoms with Crippen LogP contribution in [0.2, 0.25) is 0 Å². The minimum absolute atomic E-state index is 0.00841. The molecule has 0 bridgehead atoms. The van der Waals surface area contributed by atoms with Gasteiger partial charge < -0.3 is 5.11 Å². The molecular formula is C14H16Cl2O3. The molecule has 0 spiro atoms. The van der Waals surface area contributed by atoms with Crippen molar-refractivity contribution in [1.82, 2.24) is 0 Å². The van der Waals surface area contributed by atoms with E-state index in [4.69, 9.17) is 23.2 Å². The van der Waals surface area contributed by atoms with E-state index in [2.05, 4.69) is 0 Å². The Balaban J connectivity index is 2.34. The number of hydrogen-bond acceptors (Lipinski definition) is 3. The second kappa shape index (κ2) is 4.95. The highest BCUT2D eigenvalue weighted by Crippen LogP contribution is 2.63. The summed E-state index contributed by atoms with van der Waals surface area (Å²) in [5.41, 5.74) is -0.254. The molecule has 0 aromatic rings. The van der Waals surface area contributed by atoms with Gasteiger partial charge >= 0.3 is 0 Å². The van der Waals surface area contributed by atoms with Gasteiger partial charge in [0.1, 0.15) is 10.3 Å². The lowest BCUT2D eigenvalue weighted by Gasteiger charge is -2.14. The quantitative estimate of drug-likeness (QED) is 0.480. The predicted molar refractivity (Wildman–Crippen MR) is 74.1 cm³/mol. The van der Waals surface area contributed by atoms with Crippen molar-refractivity contribution in [3.05, 3.63) is 21.9 Å². The van der Waals surface area contributed by atoms with E-state index in [0.717, 1.165) is 0 Å². The number of carbonyl (C=O) groups is 2. The molecule has 0 heterocycles. The van der Waals surface area contributed by atoms with Gasteiger partial charge in [-0.1, -0.05) is 37.0 Å². The summed E-state index contributed by atoms with van der Waals surface area (Å²) in [4.78, 5) is 23.6. The maximum atomic E-state index is 11.8. The molecule has 0 aromatic heterocycles. The number of ketones is 2. The molecule has 104 valence electrons. The average Bonchev–Trinajstić information content (AvgIpc) is 2.78. The third-order valence-electron chi connectivity index (χ3n) is 4.13. The molecule has 2 rings (SSSR count). The lowest BCUT2D eigenvalue weighted by molar-refractivity contribution is -0.124. The summed E-state index contributed by atoms with van der Waals surface area (Å²) in [5.74, 6) is -0.906. The summed E-state index contributed by atoms with van der Waals surface area (Å²) in [5, 5.41) is 10.3. The molecular weight excluding hydrogens is 287 g/mol. The van der Waals surface area contributed by atoms with Crippen LogP contribution < -0.4 is 0 Å². The van der Waals surface area contributed by atoms with Gasteiger partial charge in [-0.15, -0.1) is 0 Å². The van der Waals surface area contributed by atoms with Gasteiger partial charge in [-0.05, 0) is 23.8 Å². The Morgan fingerprint density at radius 1 is 1.26 bits per heavy atom. The van der Waals surface area contributed by atoms with Crippen LogP contribution in [-0.4, -0.2) is 16.7 Å². The molecule has 19 heavy (non-hydrogen) atoms. The van der Waals surface area contributed by atoms with Crippen molar-refractivity contribution in [3.8, 4) is 0 Å². The van der Waals surface area contributed by atoms with Crippen molar-refractivity contribution < 1.29 is 14.7 Å². The van der Waals surface area contributed by atoms with Gasteiger partial charge in [-0.25, -0.2) is 0 Å². The van der Waals surface area contributed by atoms with Crippen molar-refractivity contribution in [1.29, 1.82) is 0 Å². The third kappa shape index (κ3) is 2.59. The minimum Gasteiger partial charge on any atom is -0.511 e. The Labute approximate surface area is 122 Å². The Bertz CT molecular complexity index is 481. The average molecular weight is 303 g/mol. The van der Waals surface area contributed by atoms with Gasteiger partial charge in [-0.2, -0.15) is 0 Å². The SMILES string of the molecule is CC1(C)[C@@H](C=C(Cl)Cl)[C@@H]1C(O)=C1C(=O)CCCC1=O. The Kier molecular flexibility index (Phi) is 3.80. The number of carbonyl (C=O) groups excluding carboxylic acids is 2. The Morgan fingerprint density at radius 3 is 2.26 bits per heavy atom. The van der Waals surface area contributed by atoms with Crippen LogP contribution in [0.25, 0.3) is 0 Å². The lowest BCUT2D eigenvalue weighted by Crippen LogP contribution is -2.21. The maximum Gasteiger partial charge on any atom is 0.169 e. The topological polar surface area (TPSA) is 54.4 Å². The molecule has 2 atom stereocenters. The first-order valence-corrected chi connectivity index (χ1v) is 7.04. The highest BCUT2D eigenvalue weighted by Gasteiger charge is 2.60. The molecule has 0 unspecified atom stereocenters. The van der Waals surface area contributed by atoms with Crippen molar-refractivity contribution >= 4 is 34.8 Å². The zero-order chi connectivity index (χ0) is 14.4. The summed E-state index contributed by atoms with van der Waals surface area (Å²) in [6.07, 6.45) is 2.88. The molecule has 0 amide bonds. The maximum absolute atomic E-state index is 11.8. The van der Waals surface area contributed by atoms with Crippen LogP contribution in [0.4, 0.5) is 0 Å². The number of halogens is 2. The molecule has 0 radical (unpaired) electrons. The van der Waals surface area contributed by atoms with Crippen LogP contribution in [0.1, 0.15) is 33.1 Å². The first-order chi connectivity index (χ1) is 8.76. The summed E-state index contributed by atoms with van der Waals surface area (Å²) in [7, 11) is 0. The third-order valence-corrected chi connectivity index (χ3v) is 4.38. The van der Waals surface area contributed by atoms with Gasteiger partial charge in [0.15, 0.2) is 11.6 Å². The fourth-order valence-electron chi connectivity index (χ4n) is 2.90. The van der Waals surface area contributed by atoms with Gasteiger partial charge in [0.2, 0.25) is 0 Å². The van der Waals surface area contributed by atoms with Crippen LogP contribution in [-0.2, 0) is 9.59 Å². The molecule has 0 aromatic carbocycles. The monoisotopic (exact) mass is 302 g/mol. The van der Waals surface area contributed by atoms with Gasteiger partial charge in [0.05, 0.1) is 5.57 Å². The van der Waals surface area contributed by atoms with E-state index in [0.29, 0.717) is 19.3 Å². The number of allylic oxidation sites excluding steroid dienone is 3. The van der Waals surface area contributed by atoms with Crippen LogP contribution in [0.3, 0.4) is 0 Å². The van der Waals surface area contributed by atoms with Gasteiger partial charge in [0.25, 0.3) is 0 Å². The van der Waals surface area contributed by atoms with Gasteiger partial charge in [0, 0.05) is 18.8 Å². The first kappa shape index (κ1) is 14.6. The van der Waals surface area contributed by atoms with Crippen LogP contribution in [0.15, 0.2) is 21.9 Å². The number of Topliss-reactive ketones (excluding diaryl/α,β-unsaturated/α-hetero) is 2. The highest BCUT2D eigenvalue weighted by molar-refractivity contribution is 6.55. The van der Waals surface area contributed by atoms with Crippen molar-refractivity contribution in [2.45, 2.75) is 33.1 Å². The molecule has 2 aliphatic carbocycles. The van der Waals surface area contributed by atoms with E-state index in [1.54, 1.807) is 6.08 Å². The fourth-order valence-corrected chi connectivity index (χ4v) is 3.17. The second-order valence-corrected chi connectivity index (χ2v) is 6.75. The van der Waals surface area contributed by atoms with Crippen molar-refractivity contribution in [2.75, 3.05) is 0 Å². The summed E-state index contributed by atoms with van der Waals surface area (Å²) in [6.45, 7) is 3.90.